The Hall–Kier alpha value is -1.22. The van der Waals surface area contributed by atoms with Gasteiger partial charge in [-0.2, -0.15) is 0 Å². The van der Waals surface area contributed by atoms with E-state index in [9.17, 15) is 5.11 Å². The molecule has 2 unspecified atom stereocenters. The summed E-state index contributed by atoms with van der Waals surface area (Å²) < 4.78 is 5.54. The van der Waals surface area contributed by atoms with Crippen molar-refractivity contribution in [1.82, 2.24) is 4.90 Å². The Morgan fingerprint density at radius 3 is 2.55 bits per heavy atom. The molecule has 0 saturated carbocycles. The lowest BCUT2D eigenvalue weighted by atomic mass is 9.91. The summed E-state index contributed by atoms with van der Waals surface area (Å²) >= 11 is 0. The van der Waals surface area contributed by atoms with E-state index in [4.69, 9.17) is 4.74 Å². The van der Waals surface area contributed by atoms with Crippen LogP contribution in [0.15, 0.2) is 18.2 Å². The Morgan fingerprint density at radius 1 is 1.25 bits per heavy atom. The molecule has 0 spiro atoms. The van der Waals surface area contributed by atoms with E-state index in [1.54, 1.807) is 6.07 Å². The van der Waals surface area contributed by atoms with E-state index in [1.165, 1.54) is 6.42 Å². The Bertz CT molecular complexity index is 423. The number of piperidine rings is 1. The second-order valence-electron chi connectivity index (χ2n) is 6.28. The van der Waals surface area contributed by atoms with Gasteiger partial charge in [0.15, 0.2) is 0 Å². The Labute approximate surface area is 122 Å². The first-order valence-electron chi connectivity index (χ1n) is 7.75. The van der Waals surface area contributed by atoms with Crippen LogP contribution in [0.25, 0.3) is 0 Å². The molecule has 0 bridgehead atoms. The molecule has 20 heavy (non-hydrogen) atoms. The maximum absolute atomic E-state index is 10.1. The summed E-state index contributed by atoms with van der Waals surface area (Å²) in [5.74, 6) is 2.60. The Balaban J connectivity index is 1.98. The third kappa shape index (κ3) is 4.14. The predicted octanol–water partition coefficient (Wildman–Crippen LogP) is 3.66. The number of phenols is 1. The van der Waals surface area contributed by atoms with E-state index >= 15 is 0 Å². The maximum atomic E-state index is 10.1. The van der Waals surface area contributed by atoms with Crippen molar-refractivity contribution in [2.24, 2.45) is 11.8 Å². The predicted molar refractivity (Wildman–Crippen MR) is 82.1 cm³/mol. The van der Waals surface area contributed by atoms with Crippen molar-refractivity contribution in [2.45, 2.75) is 40.2 Å². The van der Waals surface area contributed by atoms with Crippen LogP contribution in [0.5, 0.6) is 11.5 Å². The van der Waals surface area contributed by atoms with Gasteiger partial charge in [-0.3, -0.25) is 4.90 Å². The molecule has 0 radical (unpaired) electrons. The zero-order valence-corrected chi connectivity index (χ0v) is 12.9. The number of ether oxygens (including phenoxy) is 1. The highest BCUT2D eigenvalue weighted by molar-refractivity contribution is 5.39. The van der Waals surface area contributed by atoms with Crippen LogP contribution in [0.4, 0.5) is 0 Å². The van der Waals surface area contributed by atoms with Crippen LogP contribution >= 0.6 is 0 Å². The maximum Gasteiger partial charge on any atom is 0.123 e. The highest BCUT2D eigenvalue weighted by Gasteiger charge is 2.22. The number of phenolic OH excluding ortho intramolecular Hbond substituents is 1. The molecule has 2 rings (SSSR count). The number of aromatic hydroxyl groups is 1. The van der Waals surface area contributed by atoms with Gasteiger partial charge in [0.05, 0.1) is 6.61 Å². The fourth-order valence-corrected chi connectivity index (χ4v) is 3.15. The van der Waals surface area contributed by atoms with Crippen molar-refractivity contribution >= 4 is 0 Å². The summed E-state index contributed by atoms with van der Waals surface area (Å²) in [6.07, 6.45) is 2.29. The average molecular weight is 277 g/mol. The number of benzene rings is 1. The first kappa shape index (κ1) is 15.2. The van der Waals surface area contributed by atoms with Crippen LogP contribution in [-0.2, 0) is 6.54 Å². The smallest absolute Gasteiger partial charge is 0.123 e. The molecule has 112 valence electrons. The van der Waals surface area contributed by atoms with E-state index in [-0.39, 0.29) is 0 Å². The summed E-state index contributed by atoms with van der Waals surface area (Å²) in [6.45, 7) is 10.5. The van der Waals surface area contributed by atoms with Crippen molar-refractivity contribution in [3.8, 4) is 11.5 Å². The van der Waals surface area contributed by atoms with Gasteiger partial charge in [0.2, 0.25) is 0 Å². The molecule has 0 aliphatic carbocycles. The summed E-state index contributed by atoms with van der Waals surface area (Å²) in [5.41, 5.74) is 0.996. The van der Waals surface area contributed by atoms with E-state index in [1.807, 2.05) is 12.1 Å². The largest absolute Gasteiger partial charge is 0.507 e. The fraction of sp³-hybridized carbons (Fsp3) is 0.647. The van der Waals surface area contributed by atoms with Gasteiger partial charge in [0.1, 0.15) is 11.5 Å². The lowest BCUT2D eigenvalue weighted by Gasteiger charge is -2.35. The third-order valence-electron chi connectivity index (χ3n) is 3.87. The molecule has 0 aromatic heterocycles. The molecule has 3 nitrogen and oxygen atoms in total. The molecular formula is C17H27NO2. The van der Waals surface area contributed by atoms with Crippen molar-refractivity contribution in [3.63, 3.8) is 0 Å². The monoisotopic (exact) mass is 277 g/mol. The lowest BCUT2D eigenvalue weighted by molar-refractivity contribution is 0.133. The average Bonchev–Trinajstić information content (AvgIpc) is 2.38. The summed E-state index contributed by atoms with van der Waals surface area (Å²) in [6, 6.07) is 5.69. The highest BCUT2D eigenvalue weighted by atomic mass is 16.5. The van der Waals surface area contributed by atoms with Crippen molar-refractivity contribution in [2.75, 3.05) is 19.7 Å². The molecule has 1 aromatic rings. The molecule has 1 aromatic carbocycles. The summed E-state index contributed by atoms with van der Waals surface area (Å²) in [7, 11) is 0. The minimum atomic E-state index is 0.351. The normalized spacial score (nSPS) is 23.8. The fourth-order valence-electron chi connectivity index (χ4n) is 3.15. The Morgan fingerprint density at radius 2 is 1.95 bits per heavy atom. The second-order valence-corrected chi connectivity index (χ2v) is 6.28. The number of nitrogens with zero attached hydrogens (tertiary/aromatic N) is 1. The topological polar surface area (TPSA) is 32.7 Å². The van der Waals surface area contributed by atoms with Gasteiger partial charge in [0, 0.05) is 31.3 Å². The van der Waals surface area contributed by atoms with Gasteiger partial charge < -0.3 is 9.84 Å². The van der Waals surface area contributed by atoms with Crippen molar-refractivity contribution < 1.29 is 9.84 Å². The van der Waals surface area contributed by atoms with Gasteiger partial charge in [-0.25, -0.2) is 0 Å². The van der Waals surface area contributed by atoms with Gasteiger partial charge >= 0.3 is 0 Å². The molecule has 1 aliphatic heterocycles. The van der Waals surface area contributed by atoms with Crippen molar-refractivity contribution in [3.05, 3.63) is 23.8 Å². The van der Waals surface area contributed by atoms with E-state index in [0.29, 0.717) is 12.4 Å². The summed E-state index contributed by atoms with van der Waals surface area (Å²) in [4.78, 5) is 2.44. The quantitative estimate of drug-likeness (QED) is 0.891. The van der Waals surface area contributed by atoms with Crippen LogP contribution in [0, 0.1) is 11.8 Å². The number of hydrogen-bond donors (Lipinski definition) is 1. The molecule has 3 heteroatoms. The van der Waals surface area contributed by atoms with Gasteiger partial charge in [0.25, 0.3) is 0 Å². The lowest BCUT2D eigenvalue weighted by Crippen LogP contribution is -2.38. The first-order valence-corrected chi connectivity index (χ1v) is 7.75. The SMILES string of the molecule is CCCOc1ccc(CN2CC(C)CC(C)C2)c(O)c1. The minimum absolute atomic E-state index is 0.351. The van der Waals surface area contributed by atoms with Gasteiger partial charge in [-0.05, 0) is 30.7 Å². The first-order chi connectivity index (χ1) is 9.58. The van der Waals surface area contributed by atoms with Gasteiger partial charge in [-0.1, -0.05) is 26.8 Å². The third-order valence-corrected chi connectivity index (χ3v) is 3.87. The van der Waals surface area contributed by atoms with Crippen LogP contribution in [0.3, 0.4) is 0 Å². The van der Waals surface area contributed by atoms with Crippen LogP contribution in [0.2, 0.25) is 0 Å². The molecule has 1 fully saturated rings. The molecule has 1 heterocycles. The number of hydrogen-bond acceptors (Lipinski definition) is 3. The molecule has 1 saturated heterocycles. The molecule has 2 atom stereocenters. The van der Waals surface area contributed by atoms with Crippen LogP contribution in [0.1, 0.15) is 39.2 Å². The zero-order valence-electron chi connectivity index (χ0n) is 12.9. The Kier molecular flexibility index (Phi) is 5.30. The van der Waals surface area contributed by atoms with E-state index < -0.39 is 0 Å². The highest BCUT2D eigenvalue weighted by Crippen LogP contribution is 2.28. The summed E-state index contributed by atoms with van der Waals surface area (Å²) in [5, 5.41) is 10.1. The van der Waals surface area contributed by atoms with Crippen molar-refractivity contribution in [1.29, 1.82) is 0 Å². The number of likely N-dealkylation sites (tertiary alicyclic amines) is 1. The zero-order chi connectivity index (χ0) is 14.5. The second kappa shape index (κ2) is 6.98. The van der Waals surface area contributed by atoms with E-state index in [0.717, 1.165) is 49.2 Å². The minimum Gasteiger partial charge on any atom is -0.507 e. The van der Waals surface area contributed by atoms with E-state index in [2.05, 4.69) is 25.7 Å². The van der Waals surface area contributed by atoms with Crippen LogP contribution in [-0.4, -0.2) is 29.7 Å². The molecule has 0 amide bonds. The molecular weight excluding hydrogens is 250 g/mol. The van der Waals surface area contributed by atoms with Crippen LogP contribution < -0.4 is 4.74 Å². The van der Waals surface area contributed by atoms with Gasteiger partial charge in [-0.15, -0.1) is 0 Å². The molecule has 1 N–H and O–H groups in total. The molecule has 1 aliphatic rings. The number of rotatable bonds is 5. The standard InChI is InChI=1S/C17H27NO2/c1-4-7-20-16-6-5-15(17(19)9-16)12-18-10-13(2)8-14(3)11-18/h5-6,9,13-14,19H,4,7-8,10-12H2,1-3H3.